The van der Waals surface area contributed by atoms with Crippen molar-refractivity contribution in [2.24, 2.45) is 0 Å². The molecule has 0 atom stereocenters. The predicted molar refractivity (Wildman–Crippen MR) is 57.2 cm³/mol. The molecule has 15 heavy (non-hydrogen) atoms. The van der Waals surface area contributed by atoms with Crippen molar-refractivity contribution in [2.45, 2.75) is 19.6 Å². The van der Waals surface area contributed by atoms with E-state index in [1.807, 2.05) is 12.1 Å². The van der Waals surface area contributed by atoms with Gasteiger partial charge in [-0.1, -0.05) is 12.1 Å². The van der Waals surface area contributed by atoms with E-state index in [4.69, 9.17) is 4.74 Å². The van der Waals surface area contributed by atoms with Crippen LogP contribution in [0.1, 0.15) is 11.1 Å². The summed E-state index contributed by atoms with van der Waals surface area (Å²) in [6.07, 6.45) is 0.361. The summed E-state index contributed by atoms with van der Waals surface area (Å²) < 4.78 is 18.4. The molecule has 0 aliphatic carbocycles. The van der Waals surface area contributed by atoms with E-state index >= 15 is 0 Å². The Labute approximate surface area is 89.7 Å². The maximum atomic E-state index is 13.3. The first-order chi connectivity index (χ1) is 7.19. The third kappa shape index (κ3) is 2.36. The second-order valence-electron chi connectivity index (χ2n) is 4.14. The van der Waals surface area contributed by atoms with E-state index in [1.54, 1.807) is 20.1 Å². The highest BCUT2D eigenvalue weighted by Crippen LogP contribution is 2.16. The Morgan fingerprint density at radius 1 is 1.47 bits per heavy atom. The summed E-state index contributed by atoms with van der Waals surface area (Å²) in [7, 11) is 1.73. The number of nitrogens with zero attached hydrogens (tertiary/aromatic N) is 1. The molecule has 0 radical (unpaired) electrons. The molecule has 1 fully saturated rings. The van der Waals surface area contributed by atoms with Crippen LogP contribution in [0.5, 0.6) is 0 Å². The zero-order chi connectivity index (χ0) is 10.8. The molecule has 0 aromatic heterocycles. The highest BCUT2D eigenvalue weighted by molar-refractivity contribution is 5.23. The van der Waals surface area contributed by atoms with Crippen LogP contribution in [0.25, 0.3) is 0 Å². The Hall–Kier alpha value is -0.930. The quantitative estimate of drug-likeness (QED) is 0.754. The van der Waals surface area contributed by atoms with E-state index in [0.29, 0.717) is 11.7 Å². The molecule has 1 aromatic carbocycles. The molecule has 0 unspecified atom stereocenters. The van der Waals surface area contributed by atoms with E-state index in [9.17, 15) is 4.39 Å². The second-order valence-corrected chi connectivity index (χ2v) is 4.14. The van der Waals surface area contributed by atoms with Gasteiger partial charge in [-0.3, -0.25) is 4.90 Å². The van der Waals surface area contributed by atoms with Gasteiger partial charge in [0.15, 0.2) is 0 Å². The fourth-order valence-electron chi connectivity index (χ4n) is 1.79. The first-order valence-corrected chi connectivity index (χ1v) is 5.19. The van der Waals surface area contributed by atoms with E-state index in [1.165, 1.54) is 0 Å². The van der Waals surface area contributed by atoms with Crippen molar-refractivity contribution >= 4 is 0 Å². The molecule has 0 spiro atoms. The lowest BCUT2D eigenvalue weighted by atomic mass is 10.1. The van der Waals surface area contributed by atoms with Gasteiger partial charge in [-0.25, -0.2) is 4.39 Å². The van der Waals surface area contributed by atoms with Gasteiger partial charge in [0.05, 0.1) is 6.10 Å². The minimum atomic E-state index is -0.115. The molecular formula is C12H16FNO. The van der Waals surface area contributed by atoms with Crippen LogP contribution in [0, 0.1) is 12.7 Å². The van der Waals surface area contributed by atoms with Crippen molar-refractivity contribution in [3.8, 4) is 0 Å². The number of ether oxygens (including phenoxy) is 1. The van der Waals surface area contributed by atoms with Gasteiger partial charge < -0.3 is 4.74 Å². The molecule has 1 aliphatic rings. The standard InChI is InChI=1S/C12H16FNO/c1-9-3-4-10(5-12(9)13)6-14-7-11(8-14)15-2/h3-5,11H,6-8H2,1-2H3. The number of benzene rings is 1. The summed E-state index contributed by atoms with van der Waals surface area (Å²) >= 11 is 0. The fourth-order valence-corrected chi connectivity index (χ4v) is 1.79. The molecule has 0 bridgehead atoms. The monoisotopic (exact) mass is 209 g/mol. The van der Waals surface area contributed by atoms with Crippen molar-refractivity contribution in [2.75, 3.05) is 20.2 Å². The van der Waals surface area contributed by atoms with Crippen molar-refractivity contribution in [1.82, 2.24) is 4.90 Å². The normalized spacial score (nSPS) is 17.8. The third-order valence-corrected chi connectivity index (χ3v) is 2.90. The molecule has 1 aliphatic heterocycles. The van der Waals surface area contributed by atoms with Gasteiger partial charge in [0.1, 0.15) is 5.82 Å². The lowest BCUT2D eigenvalue weighted by Crippen LogP contribution is -2.50. The summed E-state index contributed by atoms with van der Waals surface area (Å²) in [6.45, 7) is 4.50. The number of aryl methyl sites for hydroxylation is 1. The molecular weight excluding hydrogens is 193 g/mol. The molecule has 3 heteroatoms. The number of likely N-dealkylation sites (tertiary alicyclic amines) is 1. The highest BCUT2D eigenvalue weighted by atomic mass is 19.1. The fraction of sp³-hybridized carbons (Fsp3) is 0.500. The third-order valence-electron chi connectivity index (χ3n) is 2.90. The van der Waals surface area contributed by atoms with E-state index in [0.717, 1.165) is 25.2 Å². The molecule has 2 nitrogen and oxygen atoms in total. The summed E-state index contributed by atoms with van der Waals surface area (Å²) in [6, 6.07) is 5.44. The molecule has 0 saturated carbocycles. The Balaban J connectivity index is 1.92. The van der Waals surface area contributed by atoms with E-state index in [2.05, 4.69) is 4.90 Å². The number of hydrogen-bond acceptors (Lipinski definition) is 2. The van der Waals surface area contributed by atoms with Gasteiger partial charge in [-0.15, -0.1) is 0 Å². The SMILES string of the molecule is COC1CN(Cc2ccc(C)c(F)c2)C1. The smallest absolute Gasteiger partial charge is 0.126 e. The van der Waals surface area contributed by atoms with Gasteiger partial charge in [0.2, 0.25) is 0 Å². The number of hydrogen-bond donors (Lipinski definition) is 0. The number of methoxy groups -OCH3 is 1. The van der Waals surface area contributed by atoms with Crippen LogP contribution in [0.2, 0.25) is 0 Å². The molecule has 82 valence electrons. The summed E-state index contributed by atoms with van der Waals surface area (Å²) in [5.74, 6) is -0.115. The Bertz CT molecular complexity index is 347. The summed E-state index contributed by atoms with van der Waals surface area (Å²) in [5.41, 5.74) is 1.74. The van der Waals surface area contributed by atoms with Gasteiger partial charge in [-0.05, 0) is 24.1 Å². The molecule has 0 N–H and O–H groups in total. The second kappa shape index (κ2) is 4.29. The largest absolute Gasteiger partial charge is 0.379 e. The first-order valence-electron chi connectivity index (χ1n) is 5.19. The van der Waals surface area contributed by atoms with Crippen LogP contribution in [-0.2, 0) is 11.3 Å². The molecule has 1 saturated heterocycles. The van der Waals surface area contributed by atoms with Gasteiger partial charge in [0.25, 0.3) is 0 Å². The molecule has 1 aromatic rings. The topological polar surface area (TPSA) is 12.5 Å². The zero-order valence-corrected chi connectivity index (χ0v) is 9.16. The van der Waals surface area contributed by atoms with Crippen molar-refractivity contribution < 1.29 is 9.13 Å². The van der Waals surface area contributed by atoms with Crippen molar-refractivity contribution in [3.63, 3.8) is 0 Å². The average Bonchev–Trinajstić information content (AvgIpc) is 2.16. The van der Waals surface area contributed by atoms with Crippen LogP contribution in [-0.4, -0.2) is 31.2 Å². The lowest BCUT2D eigenvalue weighted by Gasteiger charge is -2.38. The van der Waals surface area contributed by atoms with Crippen LogP contribution in [0.3, 0.4) is 0 Å². The Kier molecular flexibility index (Phi) is 3.03. The minimum absolute atomic E-state index is 0.115. The summed E-state index contributed by atoms with van der Waals surface area (Å²) in [4.78, 5) is 2.25. The Morgan fingerprint density at radius 3 is 2.80 bits per heavy atom. The average molecular weight is 209 g/mol. The van der Waals surface area contributed by atoms with Crippen molar-refractivity contribution in [1.29, 1.82) is 0 Å². The maximum Gasteiger partial charge on any atom is 0.126 e. The summed E-state index contributed by atoms with van der Waals surface area (Å²) in [5, 5.41) is 0. The maximum absolute atomic E-state index is 13.3. The van der Waals surface area contributed by atoms with E-state index < -0.39 is 0 Å². The minimum Gasteiger partial charge on any atom is -0.379 e. The van der Waals surface area contributed by atoms with Gasteiger partial charge >= 0.3 is 0 Å². The van der Waals surface area contributed by atoms with Crippen molar-refractivity contribution in [3.05, 3.63) is 35.1 Å². The van der Waals surface area contributed by atoms with Crippen LogP contribution in [0.4, 0.5) is 4.39 Å². The predicted octanol–water partition coefficient (Wildman–Crippen LogP) is 1.96. The van der Waals surface area contributed by atoms with Crippen LogP contribution in [0.15, 0.2) is 18.2 Å². The molecule has 1 heterocycles. The van der Waals surface area contributed by atoms with Crippen LogP contribution >= 0.6 is 0 Å². The number of halogens is 1. The number of rotatable bonds is 3. The first kappa shape index (κ1) is 10.6. The molecule has 2 rings (SSSR count). The van der Waals surface area contributed by atoms with Gasteiger partial charge in [-0.2, -0.15) is 0 Å². The lowest BCUT2D eigenvalue weighted by molar-refractivity contribution is -0.0334. The highest BCUT2D eigenvalue weighted by Gasteiger charge is 2.25. The molecule has 0 amide bonds. The zero-order valence-electron chi connectivity index (χ0n) is 9.16. The van der Waals surface area contributed by atoms with Gasteiger partial charge in [0, 0.05) is 26.7 Å². The van der Waals surface area contributed by atoms with E-state index in [-0.39, 0.29) is 5.82 Å². The Morgan fingerprint density at radius 2 is 2.20 bits per heavy atom. The van der Waals surface area contributed by atoms with Crippen LogP contribution < -0.4 is 0 Å².